The Hall–Kier alpha value is -2.73. The molecule has 3 fully saturated rings. The Morgan fingerprint density at radius 2 is 1.90 bits per heavy atom. The number of aromatic nitrogens is 1. The van der Waals surface area contributed by atoms with Crippen molar-refractivity contribution in [3.63, 3.8) is 0 Å². The summed E-state index contributed by atoms with van der Waals surface area (Å²) in [6.45, 7) is 0. The Kier molecular flexibility index (Phi) is 4.21. The second kappa shape index (κ2) is 6.66. The van der Waals surface area contributed by atoms with Crippen molar-refractivity contribution in [3.05, 3.63) is 47.1 Å². The summed E-state index contributed by atoms with van der Waals surface area (Å²) >= 11 is 6.67. The first kappa shape index (κ1) is 18.3. The van der Waals surface area contributed by atoms with Crippen molar-refractivity contribution in [2.75, 3.05) is 4.90 Å². The molecular formula is C22H20ClN3O3. The second-order valence-corrected chi connectivity index (χ2v) is 8.45. The van der Waals surface area contributed by atoms with Crippen molar-refractivity contribution in [1.29, 1.82) is 0 Å². The maximum Gasteiger partial charge on any atom is 0.234 e. The summed E-state index contributed by atoms with van der Waals surface area (Å²) in [5, 5.41) is 2.88. The molecule has 2 saturated heterocycles. The number of nitrogens with one attached hydrogen (secondary N) is 1. The molecule has 5 rings (SSSR count). The summed E-state index contributed by atoms with van der Waals surface area (Å²) in [5.74, 6) is -0.171. The summed E-state index contributed by atoms with van der Waals surface area (Å²) in [7, 11) is 0. The molecule has 148 valence electrons. The average molecular weight is 410 g/mol. The molecule has 1 spiro atoms. The van der Waals surface area contributed by atoms with Gasteiger partial charge in [0.15, 0.2) is 0 Å². The van der Waals surface area contributed by atoms with Gasteiger partial charge in [-0.15, -0.1) is 0 Å². The number of nitrogens with zero attached hydrogens (tertiary/aromatic N) is 2. The molecule has 1 saturated carbocycles. The third-order valence-corrected chi connectivity index (χ3v) is 6.71. The van der Waals surface area contributed by atoms with E-state index < -0.39 is 5.92 Å². The van der Waals surface area contributed by atoms with Crippen LogP contribution in [0.3, 0.4) is 0 Å². The maximum absolute atomic E-state index is 12.3. The zero-order valence-corrected chi connectivity index (χ0v) is 16.5. The van der Waals surface area contributed by atoms with Crippen molar-refractivity contribution in [2.24, 2.45) is 0 Å². The molecule has 1 aromatic carbocycles. The number of halogens is 1. The fraction of sp³-hybridized carbons (Fsp3) is 0.364. The molecule has 3 amide bonds. The van der Waals surface area contributed by atoms with Gasteiger partial charge in [0, 0.05) is 35.7 Å². The third-order valence-electron chi connectivity index (χ3n) is 6.29. The molecule has 0 radical (unpaired) electrons. The summed E-state index contributed by atoms with van der Waals surface area (Å²) < 4.78 is 0. The highest BCUT2D eigenvalue weighted by molar-refractivity contribution is 6.34. The summed E-state index contributed by atoms with van der Waals surface area (Å²) in [4.78, 5) is 42.4. The summed E-state index contributed by atoms with van der Waals surface area (Å²) in [6, 6.07) is 9.36. The zero-order valence-electron chi connectivity index (χ0n) is 15.8. The lowest BCUT2D eigenvalue weighted by molar-refractivity contribution is -0.134. The van der Waals surface area contributed by atoms with Crippen molar-refractivity contribution in [2.45, 2.75) is 50.0 Å². The lowest BCUT2D eigenvalue weighted by atomic mass is 9.88. The Labute approximate surface area is 173 Å². The standard InChI is InChI=1S/C22H20ClN3O3/c23-20-14(2-1-3-15(20)16-5-7-18(27)25-21(16)29)13-4-6-17(24-12-13)26-19(28)8-9-22(26)10-11-22/h1-4,6,12,16H,5,7-11H2,(H,25,27,29). The molecule has 3 heterocycles. The number of rotatable bonds is 3. The number of hydrogen-bond acceptors (Lipinski definition) is 4. The van der Waals surface area contributed by atoms with Crippen LogP contribution in [0.4, 0.5) is 5.82 Å². The Morgan fingerprint density at radius 1 is 1.07 bits per heavy atom. The first-order valence-electron chi connectivity index (χ1n) is 9.90. The van der Waals surface area contributed by atoms with Crippen molar-refractivity contribution < 1.29 is 14.4 Å². The van der Waals surface area contributed by atoms with Gasteiger partial charge in [0.05, 0.1) is 10.9 Å². The predicted molar refractivity (Wildman–Crippen MR) is 108 cm³/mol. The largest absolute Gasteiger partial charge is 0.296 e. The topological polar surface area (TPSA) is 79.4 Å². The smallest absolute Gasteiger partial charge is 0.234 e. The predicted octanol–water partition coefficient (Wildman–Crippen LogP) is 3.58. The number of pyridine rings is 1. The normalized spacial score (nSPS) is 22.9. The minimum atomic E-state index is -0.440. The van der Waals surface area contributed by atoms with Crippen LogP contribution in [-0.4, -0.2) is 28.2 Å². The third kappa shape index (κ3) is 3.02. The van der Waals surface area contributed by atoms with Gasteiger partial charge in [-0.25, -0.2) is 4.98 Å². The van der Waals surface area contributed by atoms with Crippen LogP contribution < -0.4 is 10.2 Å². The van der Waals surface area contributed by atoms with Crippen LogP contribution in [0.1, 0.15) is 50.0 Å². The number of imide groups is 1. The lowest BCUT2D eigenvalue weighted by Crippen LogP contribution is -2.39. The minimum Gasteiger partial charge on any atom is -0.296 e. The van der Waals surface area contributed by atoms with Crippen LogP contribution >= 0.6 is 11.6 Å². The van der Waals surface area contributed by atoms with Crippen molar-refractivity contribution >= 4 is 35.1 Å². The number of carbonyl (C=O) groups is 3. The molecule has 1 unspecified atom stereocenters. The van der Waals surface area contributed by atoms with Gasteiger partial charge in [-0.1, -0.05) is 29.8 Å². The van der Waals surface area contributed by atoms with Crippen molar-refractivity contribution in [1.82, 2.24) is 10.3 Å². The molecule has 2 aromatic rings. The lowest BCUT2D eigenvalue weighted by Gasteiger charge is -2.24. The minimum absolute atomic E-state index is 0.00502. The molecule has 29 heavy (non-hydrogen) atoms. The van der Waals surface area contributed by atoms with E-state index in [0.29, 0.717) is 35.7 Å². The molecular weight excluding hydrogens is 390 g/mol. The van der Waals surface area contributed by atoms with Crippen LogP contribution in [0, 0.1) is 0 Å². The highest BCUT2D eigenvalue weighted by Gasteiger charge is 2.55. The van der Waals surface area contributed by atoms with E-state index in [9.17, 15) is 14.4 Å². The fourth-order valence-electron chi connectivity index (χ4n) is 4.53. The Morgan fingerprint density at radius 3 is 2.59 bits per heavy atom. The van der Waals surface area contributed by atoms with E-state index in [0.717, 1.165) is 30.4 Å². The molecule has 6 nitrogen and oxygen atoms in total. The maximum atomic E-state index is 12.3. The molecule has 1 atom stereocenters. The highest BCUT2D eigenvalue weighted by atomic mass is 35.5. The number of benzene rings is 1. The first-order chi connectivity index (χ1) is 14.0. The highest BCUT2D eigenvalue weighted by Crippen LogP contribution is 2.51. The number of carbonyl (C=O) groups excluding carboxylic acids is 3. The summed E-state index contributed by atoms with van der Waals surface area (Å²) in [6.07, 6.45) is 6.07. The SMILES string of the molecule is O=C1CCC(c2cccc(-c3ccc(N4C(=O)CCC45CC5)nc3)c2Cl)C(=O)N1. The number of hydrogen-bond donors (Lipinski definition) is 1. The van der Waals surface area contributed by atoms with E-state index in [2.05, 4.69) is 10.3 Å². The Bertz CT molecular complexity index is 1030. The molecule has 1 aromatic heterocycles. The quantitative estimate of drug-likeness (QED) is 0.786. The molecule has 3 aliphatic rings. The van der Waals surface area contributed by atoms with Crippen LogP contribution in [0.5, 0.6) is 0 Å². The molecule has 2 aliphatic heterocycles. The number of piperidine rings is 1. The van der Waals surface area contributed by atoms with E-state index in [-0.39, 0.29) is 23.3 Å². The molecule has 7 heteroatoms. The van der Waals surface area contributed by atoms with Crippen LogP contribution in [-0.2, 0) is 14.4 Å². The van der Waals surface area contributed by atoms with Gasteiger partial charge in [-0.3, -0.25) is 24.6 Å². The van der Waals surface area contributed by atoms with Gasteiger partial charge in [0.1, 0.15) is 5.82 Å². The number of anilines is 1. The van der Waals surface area contributed by atoms with Crippen molar-refractivity contribution in [3.8, 4) is 11.1 Å². The molecule has 1 N–H and O–H groups in total. The van der Waals surface area contributed by atoms with Crippen LogP contribution in [0.25, 0.3) is 11.1 Å². The summed E-state index contributed by atoms with van der Waals surface area (Å²) in [5.41, 5.74) is 2.31. The van der Waals surface area contributed by atoms with E-state index in [1.807, 2.05) is 35.2 Å². The van der Waals surface area contributed by atoms with Crippen LogP contribution in [0.15, 0.2) is 36.5 Å². The van der Waals surface area contributed by atoms with E-state index >= 15 is 0 Å². The van der Waals surface area contributed by atoms with Gasteiger partial charge < -0.3 is 0 Å². The average Bonchev–Trinajstić information content (AvgIpc) is 3.41. The van der Waals surface area contributed by atoms with E-state index in [4.69, 9.17) is 11.6 Å². The van der Waals surface area contributed by atoms with Gasteiger partial charge in [-0.2, -0.15) is 0 Å². The molecule has 1 aliphatic carbocycles. The first-order valence-corrected chi connectivity index (χ1v) is 10.3. The zero-order chi connectivity index (χ0) is 20.2. The second-order valence-electron chi connectivity index (χ2n) is 8.07. The Balaban J connectivity index is 1.45. The monoisotopic (exact) mass is 409 g/mol. The van der Waals surface area contributed by atoms with E-state index in [1.54, 1.807) is 6.20 Å². The van der Waals surface area contributed by atoms with Crippen LogP contribution in [0.2, 0.25) is 5.02 Å². The van der Waals surface area contributed by atoms with Gasteiger partial charge in [0.25, 0.3) is 0 Å². The van der Waals surface area contributed by atoms with E-state index in [1.165, 1.54) is 0 Å². The molecule has 0 bridgehead atoms. The van der Waals surface area contributed by atoms with Gasteiger partial charge in [-0.05, 0) is 43.4 Å². The number of amides is 3. The van der Waals surface area contributed by atoms with Gasteiger partial charge >= 0.3 is 0 Å². The van der Waals surface area contributed by atoms with Gasteiger partial charge in [0.2, 0.25) is 17.7 Å². The fourth-order valence-corrected chi connectivity index (χ4v) is 4.89.